The van der Waals surface area contributed by atoms with Gasteiger partial charge in [-0.1, -0.05) is 17.7 Å². The van der Waals surface area contributed by atoms with E-state index in [0.29, 0.717) is 5.89 Å². The van der Waals surface area contributed by atoms with E-state index in [0.717, 1.165) is 21.2 Å². The largest absolute Gasteiger partial charge is 0.423 e. The third-order valence-corrected chi connectivity index (χ3v) is 4.65. The van der Waals surface area contributed by atoms with Crippen molar-refractivity contribution in [3.05, 3.63) is 51.5 Å². The molecule has 21 heavy (non-hydrogen) atoms. The maximum absolute atomic E-state index is 5.99. The smallest absolute Gasteiger partial charge is 0.247 e. The number of nitrogens with one attached hydrogen (secondary N) is 1. The predicted octanol–water partition coefficient (Wildman–Crippen LogP) is 4.93. The van der Waals surface area contributed by atoms with Crippen molar-refractivity contribution in [1.82, 2.24) is 10.2 Å². The van der Waals surface area contributed by atoms with Crippen LogP contribution in [0.1, 0.15) is 23.4 Å². The molecule has 0 bridgehead atoms. The molecule has 2 heterocycles. The molecule has 0 saturated heterocycles. The Bertz CT molecular complexity index is 739. The van der Waals surface area contributed by atoms with Crippen molar-refractivity contribution >= 4 is 28.6 Å². The number of halogens is 1. The van der Waals surface area contributed by atoms with Crippen molar-refractivity contribution in [3.63, 3.8) is 0 Å². The topological polar surface area (TPSA) is 51.0 Å². The summed E-state index contributed by atoms with van der Waals surface area (Å²) in [6.45, 7) is 4.18. The van der Waals surface area contributed by atoms with E-state index in [-0.39, 0.29) is 6.04 Å². The average Bonchev–Trinajstić information content (AvgIpc) is 3.12. The third kappa shape index (κ3) is 3.09. The maximum atomic E-state index is 5.99. The Labute approximate surface area is 131 Å². The summed E-state index contributed by atoms with van der Waals surface area (Å²) in [5.41, 5.74) is 3.10. The highest BCUT2D eigenvalue weighted by Crippen LogP contribution is 2.31. The molecule has 0 amide bonds. The molecule has 3 aromatic rings. The van der Waals surface area contributed by atoms with Gasteiger partial charge in [-0.15, -0.1) is 21.5 Å². The first-order valence-corrected chi connectivity index (χ1v) is 7.72. The number of aryl methyl sites for hydroxylation is 1. The Kier molecular flexibility index (Phi) is 3.94. The maximum Gasteiger partial charge on any atom is 0.247 e. The van der Waals surface area contributed by atoms with Crippen molar-refractivity contribution in [2.24, 2.45) is 0 Å². The molecule has 1 atom stereocenters. The molecule has 2 aromatic heterocycles. The summed E-state index contributed by atoms with van der Waals surface area (Å²) in [7, 11) is 0. The van der Waals surface area contributed by atoms with Crippen LogP contribution in [0.15, 0.2) is 41.1 Å². The van der Waals surface area contributed by atoms with Gasteiger partial charge < -0.3 is 9.73 Å². The molecule has 0 radical (unpaired) electrons. The minimum atomic E-state index is 0.180. The van der Waals surface area contributed by atoms with E-state index in [2.05, 4.69) is 29.4 Å². The van der Waals surface area contributed by atoms with Crippen molar-refractivity contribution in [1.29, 1.82) is 0 Å². The van der Waals surface area contributed by atoms with E-state index >= 15 is 0 Å². The molecule has 0 aliphatic carbocycles. The molecule has 1 aromatic carbocycles. The van der Waals surface area contributed by atoms with Crippen molar-refractivity contribution < 1.29 is 4.42 Å². The molecule has 3 rings (SSSR count). The van der Waals surface area contributed by atoms with Crippen LogP contribution in [0.3, 0.4) is 0 Å². The van der Waals surface area contributed by atoms with Gasteiger partial charge in [0.05, 0.1) is 10.4 Å². The zero-order valence-corrected chi connectivity index (χ0v) is 13.2. The Balaban J connectivity index is 1.86. The lowest BCUT2D eigenvalue weighted by molar-refractivity contribution is 0.568. The van der Waals surface area contributed by atoms with E-state index in [1.54, 1.807) is 11.3 Å². The molecule has 0 saturated carbocycles. The monoisotopic (exact) mass is 319 g/mol. The summed E-state index contributed by atoms with van der Waals surface area (Å²) in [6, 6.07) is 10.2. The minimum Gasteiger partial charge on any atom is -0.423 e. The first-order valence-electron chi connectivity index (χ1n) is 6.52. The van der Waals surface area contributed by atoms with Crippen LogP contribution < -0.4 is 5.32 Å². The SMILES string of the molecule is Cc1ccc(-c2nnco2)cc1NC(C)c1ccc(Cl)s1. The lowest BCUT2D eigenvalue weighted by atomic mass is 10.1. The van der Waals surface area contributed by atoms with Crippen LogP contribution in [0.4, 0.5) is 5.69 Å². The summed E-state index contributed by atoms with van der Waals surface area (Å²) >= 11 is 7.58. The predicted molar refractivity (Wildman–Crippen MR) is 85.8 cm³/mol. The fraction of sp³-hybridized carbons (Fsp3) is 0.200. The second-order valence-electron chi connectivity index (χ2n) is 4.78. The molecule has 1 N–H and O–H groups in total. The second kappa shape index (κ2) is 5.87. The molecule has 4 nitrogen and oxygen atoms in total. The molecular formula is C15H14ClN3OS. The van der Waals surface area contributed by atoms with Crippen molar-refractivity contribution in [2.75, 3.05) is 5.32 Å². The minimum absolute atomic E-state index is 0.180. The summed E-state index contributed by atoms with van der Waals surface area (Å²) in [6.07, 6.45) is 1.33. The fourth-order valence-electron chi connectivity index (χ4n) is 2.07. The van der Waals surface area contributed by atoms with E-state index < -0.39 is 0 Å². The second-order valence-corrected chi connectivity index (χ2v) is 6.53. The van der Waals surface area contributed by atoms with Gasteiger partial charge in [-0.2, -0.15) is 0 Å². The number of hydrogen-bond donors (Lipinski definition) is 1. The number of nitrogens with zero attached hydrogens (tertiary/aromatic N) is 2. The van der Waals surface area contributed by atoms with E-state index in [1.165, 1.54) is 11.3 Å². The lowest BCUT2D eigenvalue weighted by Gasteiger charge is -2.16. The Morgan fingerprint density at radius 3 is 2.81 bits per heavy atom. The highest BCUT2D eigenvalue weighted by Gasteiger charge is 2.11. The van der Waals surface area contributed by atoms with E-state index in [9.17, 15) is 0 Å². The first kappa shape index (κ1) is 14.1. The number of aromatic nitrogens is 2. The van der Waals surface area contributed by atoms with Gasteiger partial charge >= 0.3 is 0 Å². The molecule has 1 unspecified atom stereocenters. The van der Waals surface area contributed by atoms with Crippen LogP contribution >= 0.6 is 22.9 Å². The van der Waals surface area contributed by atoms with E-state index in [4.69, 9.17) is 16.0 Å². The van der Waals surface area contributed by atoms with Gasteiger partial charge in [-0.3, -0.25) is 0 Å². The standard InChI is InChI=1S/C15H14ClN3OS/c1-9-3-4-11(15-19-17-8-20-15)7-12(9)18-10(2)13-5-6-14(16)21-13/h3-8,10,18H,1-2H3. The van der Waals surface area contributed by atoms with Crippen LogP contribution in [0.5, 0.6) is 0 Å². The summed E-state index contributed by atoms with van der Waals surface area (Å²) < 4.78 is 6.04. The molecule has 0 aliphatic rings. The Morgan fingerprint density at radius 2 is 2.14 bits per heavy atom. The quantitative estimate of drug-likeness (QED) is 0.740. The highest BCUT2D eigenvalue weighted by molar-refractivity contribution is 7.16. The fourth-order valence-corrected chi connectivity index (χ4v) is 3.14. The zero-order chi connectivity index (χ0) is 14.8. The molecular weight excluding hydrogens is 306 g/mol. The number of thiophene rings is 1. The van der Waals surface area contributed by atoms with E-state index in [1.807, 2.05) is 30.3 Å². The van der Waals surface area contributed by atoms with Crippen LogP contribution in [0, 0.1) is 6.92 Å². The van der Waals surface area contributed by atoms with Gasteiger partial charge in [-0.05, 0) is 43.7 Å². The highest BCUT2D eigenvalue weighted by atomic mass is 35.5. The van der Waals surface area contributed by atoms with Gasteiger partial charge in [-0.25, -0.2) is 0 Å². The zero-order valence-electron chi connectivity index (χ0n) is 11.6. The molecule has 0 spiro atoms. The number of anilines is 1. The van der Waals surface area contributed by atoms with Gasteiger partial charge in [0.25, 0.3) is 0 Å². The van der Waals surface area contributed by atoms with Crippen LogP contribution in [0.2, 0.25) is 4.34 Å². The normalized spacial score (nSPS) is 12.3. The number of rotatable bonds is 4. The molecule has 6 heteroatoms. The van der Waals surface area contributed by atoms with Crippen LogP contribution in [-0.4, -0.2) is 10.2 Å². The number of benzene rings is 1. The Hall–Kier alpha value is -1.85. The van der Waals surface area contributed by atoms with Gasteiger partial charge in [0.15, 0.2) is 0 Å². The first-order chi connectivity index (χ1) is 10.1. The van der Waals surface area contributed by atoms with Gasteiger partial charge in [0.1, 0.15) is 0 Å². The Morgan fingerprint density at radius 1 is 1.29 bits per heavy atom. The van der Waals surface area contributed by atoms with Crippen molar-refractivity contribution in [3.8, 4) is 11.5 Å². The van der Waals surface area contributed by atoms with Crippen molar-refractivity contribution in [2.45, 2.75) is 19.9 Å². The average molecular weight is 320 g/mol. The van der Waals surface area contributed by atoms with Gasteiger partial charge in [0, 0.05) is 16.1 Å². The molecule has 0 aliphatic heterocycles. The van der Waals surface area contributed by atoms with Crippen LogP contribution in [-0.2, 0) is 0 Å². The van der Waals surface area contributed by atoms with Gasteiger partial charge in [0.2, 0.25) is 12.3 Å². The third-order valence-electron chi connectivity index (χ3n) is 3.24. The summed E-state index contributed by atoms with van der Waals surface area (Å²) in [5.74, 6) is 0.518. The lowest BCUT2D eigenvalue weighted by Crippen LogP contribution is -2.06. The summed E-state index contributed by atoms with van der Waals surface area (Å²) in [4.78, 5) is 1.20. The summed E-state index contributed by atoms with van der Waals surface area (Å²) in [5, 5.41) is 11.2. The number of hydrogen-bond acceptors (Lipinski definition) is 5. The molecule has 108 valence electrons. The molecule has 0 fully saturated rings. The van der Waals surface area contributed by atoms with Crippen LogP contribution in [0.25, 0.3) is 11.5 Å².